The van der Waals surface area contributed by atoms with Gasteiger partial charge in [0, 0.05) is 5.92 Å². The topological polar surface area (TPSA) is 37.3 Å². The van der Waals surface area contributed by atoms with E-state index in [1.807, 2.05) is 30.3 Å². The van der Waals surface area contributed by atoms with Gasteiger partial charge in [0.2, 0.25) is 0 Å². The highest BCUT2D eigenvalue weighted by atomic mass is 80.0. The maximum atomic E-state index is 10.8. The number of aliphatic carboxylic acids is 1. The summed E-state index contributed by atoms with van der Waals surface area (Å²) in [4.78, 5) is 10.8. The van der Waals surface area contributed by atoms with Crippen molar-refractivity contribution in [2.24, 2.45) is 0 Å². The molecule has 0 bridgehead atoms. The summed E-state index contributed by atoms with van der Waals surface area (Å²) in [6, 6.07) is 9.50. The summed E-state index contributed by atoms with van der Waals surface area (Å²) in [7, 11) is 0. The molecule has 1 rings (SSSR count). The Morgan fingerprint density at radius 2 is 1.80 bits per heavy atom. The number of hydrogen-bond acceptors (Lipinski definition) is 1. The van der Waals surface area contributed by atoms with Gasteiger partial charge < -0.3 is 5.11 Å². The minimum Gasteiger partial charge on any atom is -0.481 e. The molecule has 0 fully saturated rings. The quantitative estimate of drug-likeness (QED) is 0.776. The molecule has 1 aromatic carbocycles. The van der Waals surface area contributed by atoms with E-state index in [0.29, 0.717) is 0 Å². The lowest BCUT2D eigenvalue weighted by molar-refractivity contribution is -0.137. The minimum absolute atomic E-state index is 0.0474. The van der Waals surface area contributed by atoms with Crippen LogP contribution in [0.5, 0.6) is 0 Å². The van der Waals surface area contributed by atoms with Crippen molar-refractivity contribution >= 4 is 53.8 Å². The van der Waals surface area contributed by atoms with Crippen LogP contribution in [0.25, 0.3) is 0 Å². The van der Waals surface area contributed by atoms with Gasteiger partial charge in [-0.1, -0.05) is 78.1 Å². The summed E-state index contributed by atoms with van der Waals surface area (Å²) < 4.78 is -0.591. The van der Waals surface area contributed by atoms with Crippen molar-refractivity contribution in [2.45, 2.75) is 14.5 Å². The molecule has 0 aromatic heterocycles. The molecule has 0 aliphatic rings. The maximum absolute atomic E-state index is 10.8. The van der Waals surface area contributed by atoms with E-state index >= 15 is 0 Å². The van der Waals surface area contributed by atoms with Crippen LogP contribution >= 0.6 is 47.8 Å². The summed E-state index contributed by atoms with van der Waals surface area (Å²) in [6.45, 7) is 0. The molecule has 0 saturated heterocycles. The lowest BCUT2D eigenvalue weighted by Gasteiger charge is -2.24. The summed E-state index contributed by atoms with van der Waals surface area (Å²) in [6.07, 6.45) is 0.0474. The highest BCUT2D eigenvalue weighted by molar-refractivity contribution is 9.39. The largest absolute Gasteiger partial charge is 0.481 e. The molecule has 1 N–H and O–H groups in total. The van der Waals surface area contributed by atoms with E-state index in [1.54, 1.807) is 0 Å². The number of carbonyl (C=O) groups is 1. The molecule has 0 heterocycles. The molecule has 0 aliphatic heterocycles. The lowest BCUT2D eigenvalue weighted by atomic mass is 9.98. The van der Waals surface area contributed by atoms with Crippen molar-refractivity contribution in [2.75, 3.05) is 0 Å². The first-order chi connectivity index (χ1) is 6.91. The van der Waals surface area contributed by atoms with Crippen molar-refractivity contribution in [1.82, 2.24) is 0 Å². The zero-order valence-electron chi connectivity index (χ0n) is 7.66. The SMILES string of the molecule is O=C(O)CC(c1ccccc1)C(Br)(Br)Br. The van der Waals surface area contributed by atoms with E-state index in [1.165, 1.54) is 0 Å². The van der Waals surface area contributed by atoms with Gasteiger partial charge in [0.15, 0.2) is 0 Å². The van der Waals surface area contributed by atoms with E-state index in [0.717, 1.165) is 5.56 Å². The van der Waals surface area contributed by atoms with Crippen molar-refractivity contribution in [1.29, 1.82) is 0 Å². The van der Waals surface area contributed by atoms with Gasteiger partial charge in [-0.05, 0) is 5.56 Å². The first-order valence-corrected chi connectivity index (χ1v) is 6.62. The Morgan fingerprint density at radius 1 is 1.27 bits per heavy atom. The average molecular weight is 401 g/mol. The van der Waals surface area contributed by atoms with Gasteiger partial charge in [-0.15, -0.1) is 0 Å². The Morgan fingerprint density at radius 3 is 2.20 bits per heavy atom. The molecule has 1 atom stereocenters. The Labute approximate surface area is 113 Å². The third-order valence-corrected chi connectivity index (χ3v) is 3.63. The zero-order chi connectivity index (χ0) is 11.5. The second-order valence-electron chi connectivity index (χ2n) is 3.10. The van der Waals surface area contributed by atoms with Gasteiger partial charge in [-0.3, -0.25) is 4.79 Å². The molecular formula is C10H9Br3O2. The van der Waals surface area contributed by atoms with Gasteiger partial charge in [0.25, 0.3) is 0 Å². The number of alkyl halides is 3. The summed E-state index contributed by atoms with van der Waals surface area (Å²) in [5.41, 5.74) is 0.963. The van der Waals surface area contributed by atoms with Crippen LogP contribution in [0.1, 0.15) is 17.9 Å². The fraction of sp³-hybridized carbons (Fsp3) is 0.300. The summed E-state index contributed by atoms with van der Waals surface area (Å²) >= 11 is 10.1. The molecule has 0 radical (unpaired) electrons. The predicted molar refractivity (Wildman–Crippen MR) is 70.9 cm³/mol. The normalized spacial score (nSPS) is 13.5. The van der Waals surface area contributed by atoms with E-state index in [4.69, 9.17) is 5.11 Å². The van der Waals surface area contributed by atoms with Crippen LogP contribution in [-0.4, -0.2) is 13.2 Å². The molecule has 0 saturated carbocycles. The van der Waals surface area contributed by atoms with E-state index in [2.05, 4.69) is 47.8 Å². The molecule has 82 valence electrons. The fourth-order valence-electron chi connectivity index (χ4n) is 1.28. The molecule has 0 spiro atoms. The van der Waals surface area contributed by atoms with Crippen LogP contribution in [0, 0.1) is 0 Å². The van der Waals surface area contributed by atoms with Crippen LogP contribution in [0.2, 0.25) is 0 Å². The van der Waals surface area contributed by atoms with E-state index in [9.17, 15) is 4.79 Å². The van der Waals surface area contributed by atoms with Gasteiger partial charge in [0.05, 0.1) is 6.42 Å². The predicted octanol–water partition coefficient (Wildman–Crippen LogP) is 4.08. The standard InChI is InChI=1S/C10H9Br3O2/c11-10(12,13)8(6-9(14)15)7-4-2-1-3-5-7/h1-5,8H,6H2,(H,14,15). The number of hydrogen-bond donors (Lipinski definition) is 1. The smallest absolute Gasteiger partial charge is 0.304 e. The first kappa shape index (κ1) is 13.2. The van der Waals surface area contributed by atoms with Crippen molar-refractivity contribution in [3.05, 3.63) is 35.9 Å². The fourth-order valence-corrected chi connectivity index (χ4v) is 2.56. The third-order valence-electron chi connectivity index (χ3n) is 1.98. The van der Waals surface area contributed by atoms with Crippen LogP contribution in [0.3, 0.4) is 0 Å². The number of rotatable bonds is 3. The van der Waals surface area contributed by atoms with Crippen LogP contribution < -0.4 is 0 Å². The van der Waals surface area contributed by atoms with Crippen molar-refractivity contribution in [3.63, 3.8) is 0 Å². The summed E-state index contributed by atoms with van der Waals surface area (Å²) in [5, 5.41) is 8.85. The Bertz CT molecular complexity index is 332. The Kier molecular flexibility index (Phi) is 4.80. The zero-order valence-corrected chi connectivity index (χ0v) is 12.4. The van der Waals surface area contributed by atoms with Crippen molar-refractivity contribution in [3.8, 4) is 0 Å². The molecule has 15 heavy (non-hydrogen) atoms. The van der Waals surface area contributed by atoms with E-state index < -0.39 is 8.11 Å². The second-order valence-corrected chi connectivity index (χ2v) is 10.0. The van der Waals surface area contributed by atoms with Gasteiger partial charge in [-0.2, -0.15) is 0 Å². The van der Waals surface area contributed by atoms with Crippen LogP contribution in [0.4, 0.5) is 0 Å². The molecule has 0 amide bonds. The lowest BCUT2D eigenvalue weighted by Crippen LogP contribution is -2.19. The molecule has 1 unspecified atom stereocenters. The molecule has 2 nitrogen and oxygen atoms in total. The molecule has 5 heteroatoms. The highest BCUT2D eigenvalue weighted by Gasteiger charge is 2.33. The Balaban J connectivity index is 2.97. The first-order valence-electron chi connectivity index (χ1n) is 4.24. The average Bonchev–Trinajstić information content (AvgIpc) is 2.14. The van der Waals surface area contributed by atoms with Gasteiger partial charge >= 0.3 is 5.97 Å². The van der Waals surface area contributed by atoms with Crippen molar-refractivity contribution < 1.29 is 9.90 Å². The maximum Gasteiger partial charge on any atom is 0.304 e. The van der Waals surface area contributed by atoms with Crippen LogP contribution in [0.15, 0.2) is 30.3 Å². The third kappa shape index (κ3) is 4.25. The molecular weight excluding hydrogens is 392 g/mol. The number of carboxylic acids is 1. The Hall–Kier alpha value is 0.130. The van der Waals surface area contributed by atoms with Gasteiger partial charge in [-0.25, -0.2) is 0 Å². The number of halogens is 3. The van der Waals surface area contributed by atoms with Crippen LogP contribution in [-0.2, 0) is 4.79 Å². The van der Waals surface area contributed by atoms with Gasteiger partial charge in [0.1, 0.15) is 2.14 Å². The minimum atomic E-state index is -0.827. The number of benzene rings is 1. The monoisotopic (exact) mass is 398 g/mol. The second kappa shape index (κ2) is 5.46. The number of carboxylic acid groups (broad SMARTS) is 1. The van der Waals surface area contributed by atoms with E-state index in [-0.39, 0.29) is 12.3 Å². The highest BCUT2D eigenvalue weighted by Crippen LogP contribution is 2.48. The summed E-state index contributed by atoms with van der Waals surface area (Å²) in [5.74, 6) is -1.01. The molecule has 1 aromatic rings. The molecule has 0 aliphatic carbocycles.